The molecule has 0 aliphatic heterocycles. The van der Waals surface area contributed by atoms with Crippen molar-refractivity contribution in [3.8, 4) is 0 Å². The second-order valence-corrected chi connectivity index (χ2v) is 4.21. The van der Waals surface area contributed by atoms with Crippen LogP contribution in [0.15, 0.2) is 36.6 Å². The van der Waals surface area contributed by atoms with Gasteiger partial charge < -0.3 is 5.32 Å². The van der Waals surface area contributed by atoms with Gasteiger partial charge in [0.25, 0.3) is 0 Å². The molecule has 1 atom stereocenters. The highest BCUT2D eigenvalue weighted by molar-refractivity contribution is 5.17. The van der Waals surface area contributed by atoms with E-state index >= 15 is 0 Å². The summed E-state index contributed by atoms with van der Waals surface area (Å²) < 4.78 is 0. The molecule has 1 unspecified atom stereocenters. The van der Waals surface area contributed by atoms with Crippen LogP contribution in [0, 0.1) is 5.92 Å². The van der Waals surface area contributed by atoms with Crippen LogP contribution in [0.3, 0.4) is 0 Å². The van der Waals surface area contributed by atoms with Gasteiger partial charge in [-0.3, -0.25) is 0 Å². The molecule has 0 radical (unpaired) electrons. The first-order valence-electron chi connectivity index (χ1n) is 6.46. The van der Waals surface area contributed by atoms with Crippen molar-refractivity contribution in [1.82, 2.24) is 5.32 Å². The van der Waals surface area contributed by atoms with Gasteiger partial charge in [0.1, 0.15) is 0 Å². The lowest BCUT2D eigenvalue weighted by Gasteiger charge is -2.16. The van der Waals surface area contributed by atoms with E-state index in [2.05, 4.69) is 25.7 Å². The fraction of sp³-hybridized carbons (Fsp3) is 0.600. The van der Waals surface area contributed by atoms with Crippen LogP contribution in [-0.2, 0) is 0 Å². The average Bonchev–Trinajstić information content (AvgIpc) is 2.30. The van der Waals surface area contributed by atoms with Crippen molar-refractivity contribution < 1.29 is 0 Å². The van der Waals surface area contributed by atoms with Gasteiger partial charge >= 0.3 is 0 Å². The number of nitrogens with one attached hydrogen (secondary N) is 1. The molecule has 1 heteroatoms. The van der Waals surface area contributed by atoms with E-state index in [9.17, 15) is 0 Å². The van der Waals surface area contributed by atoms with Crippen LogP contribution in [0.1, 0.15) is 46.5 Å². The summed E-state index contributed by atoms with van der Waals surface area (Å²) in [6.45, 7) is 11.6. The predicted molar refractivity (Wildman–Crippen MR) is 74.4 cm³/mol. The summed E-state index contributed by atoms with van der Waals surface area (Å²) >= 11 is 0. The molecule has 0 heterocycles. The molecule has 0 aromatic rings. The third kappa shape index (κ3) is 8.34. The molecular formula is C15H27N. The molecule has 0 saturated heterocycles. The fourth-order valence-corrected chi connectivity index (χ4v) is 1.56. The number of hydrogen-bond donors (Lipinski definition) is 1. The van der Waals surface area contributed by atoms with E-state index in [-0.39, 0.29) is 0 Å². The van der Waals surface area contributed by atoms with Crippen molar-refractivity contribution in [3.63, 3.8) is 0 Å². The van der Waals surface area contributed by atoms with Gasteiger partial charge in [-0.25, -0.2) is 0 Å². The van der Waals surface area contributed by atoms with E-state index in [1.165, 1.54) is 25.7 Å². The smallest absolute Gasteiger partial charge is 0.0267 e. The van der Waals surface area contributed by atoms with Crippen molar-refractivity contribution in [3.05, 3.63) is 36.6 Å². The van der Waals surface area contributed by atoms with Crippen LogP contribution in [0.5, 0.6) is 0 Å². The lowest BCUT2D eigenvalue weighted by atomic mass is 9.99. The van der Waals surface area contributed by atoms with Crippen molar-refractivity contribution in [2.24, 2.45) is 5.92 Å². The van der Waals surface area contributed by atoms with Crippen LogP contribution >= 0.6 is 0 Å². The Kier molecular flexibility index (Phi) is 9.89. The SMILES string of the molecule is C=C(/C=C\C=C/C)NCC(CC)CCCC. The zero-order valence-electron chi connectivity index (χ0n) is 11.1. The molecule has 16 heavy (non-hydrogen) atoms. The third-order valence-electron chi connectivity index (χ3n) is 2.76. The summed E-state index contributed by atoms with van der Waals surface area (Å²) in [6, 6.07) is 0. The monoisotopic (exact) mass is 221 g/mol. The Balaban J connectivity index is 3.78. The maximum Gasteiger partial charge on any atom is 0.0267 e. The first-order valence-corrected chi connectivity index (χ1v) is 6.46. The van der Waals surface area contributed by atoms with Crippen molar-refractivity contribution in [1.29, 1.82) is 0 Å². The van der Waals surface area contributed by atoms with E-state index in [0.717, 1.165) is 18.2 Å². The summed E-state index contributed by atoms with van der Waals surface area (Å²) in [5.74, 6) is 0.784. The molecule has 0 spiro atoms. The standard InChI is InChI=1S/C15H27N/c1-5-8-10-11-14(4)16-13-15(7-3)12-9-6-2/h5,8,10-11,15-16H,4,6-7,9,12-13H2,1-3H3/b8-5-,11-10-. The number of hydrogen-bond acceptors (Lipinski definition) is 1. The van der Waals surface area contributed by atoms with E-state index in [4.69, 9.17) is 0 Å². The minimum absolute atomic E-state index is 0.784. The molecule has 0 rings (SSSR count). The molecule has 0 bridgehead atoms. The molecule has 92 valence electrons. The van der Waals surface area contributed by atoms with Gasteiger partial charge in [0.2, 0.25) is 0 Å². The first-order chi connectivity index (χ1) is 7.74. The highest BCUT2D eigenvalue weighted by atomic mass is 14.9. The molecular weight excluding hydrogens is 194 g/mol. The van der Waals surface area contributed by atoms with Gasteiger partial charge in [0.15, 0.2) is 0 Å². The van der Waals surface area contributed by atoms with Crippen LogP contribution in [0.2, 0.25) is 0 Å². The molecule has 0 aromatic carbocycles. The quantitative estimate of drug-likeness (QED) is 0.568. The summed E-state index contributed by atoms with van der Waals surface area (Å²) in [5, 5.41) is 3.39. The molecule has 0 aromatic heterocycles. The van der Waals surface area contributed by atoms with Crippen LogP contribution in [0.25, 0.3) is 0 Å². The Labute approximate surface area is 101 Å². The Morgan fingerprint density at radius 3 is 2.62 bits per heavy atom. The van der Waals surface area contributed by atoms with Crippen molar-refractivity contribution >= 4 is 0 Å². The minimum atomic E-state index is 0.784. The van der Waals surface area contributed by atoms with Gasteiger partial charge in [0, 0.05) is 12.2 Å². The summed E-state index contributed by atoms with van der Waals surface area (Å²) in [6.07, 6.45) is 13.3. The molecule has 0 aliphatic carbocycles. The van der Waals surface area contributed by atoms with Crippen molar-refractivity contribution in [2.75, 3.05) is 6.54 Å². The topological polar surface area (TPSA) is 12.0 Å². The van der Waals surface area contributed by atoms with Gasteiger partial charge in [-0.05, 0) is 25.3 Å². The predicted octanol–water partition coefficient (Wildman–Crippen LogP) is 4.44. The Morgan fingerprint density at radius 2 is 2.06 bits per heavy atom. The highest BCUT2D eigenvalue weighted by Crippen LogP contribution is 2.11. The largest absolute Gasteiger partial charge is 0.385 e. The van der Waals surface area contributed by atoms with E-state index in [1.807, 2.05) is 31.2 Å². The molecule has 0 saturated carbocycles. The second kappa shape index (κ2) is 10.5. The summed E-state index contributed by atoms with van der Waals surface area (Å²) in [4.78, 5) is 0. The van der Waals surface area contributed by atoms with Crippen LogP contribution < -0.4 is 5.32 Å². The number of allylic oxidation sites excluding steroid dienone is 4. The van der Waals surface area contributed by atoms with Gasteiger partial charge in [-0.1, -0.05) is 57.9 Å². The Hall–Kier alpha value is -0.980. The fourth-order valence-electron chi connectivity index (χ4n) is 1.56. The minimum Gasteiger partial charge on any atom is -0.385 e. The van der Waals surface area contributed by atoms with Crippen LogP contribution in [-0.4, -0.2) is 6.54 Å². The third-order valence-corrected chi connectivity index (χ3v) is 2.76. The molecule has 0 amide bonds. The summed E-state index contributed by atoms with van der Waals surface area (Å²) in [7, 11) is 0. The number of unbranched alkanes of at least 4 members (excludes halogenated alkanes) is 1. The van der Waals surface area contributed by atoms with Crippen LogP contribution in [0.4, 0.5) is 0 Å². The Morgan fingerprint density at radius 1 is 1.31 bits per heavy atom. The summed E-state index contributed by atoms with van der Waals surface area (Å²) in [5.41, 5.74) is 1.01. The average molecular weight is 221 g/mol. The lowest BCUT2D eigenvalue weighted by molar-refractivity contribution is 0.437. The second-order valence-electron chi connectivity index (χ2n) is 4.21. The van der Waals surface area contributed by atoms with E-state index in [0.29, 0.717) is 0 Å². The maximum absolute atomic E-state index is 3.98. The molecule has 0 aliphatic rings. The normalized spacial score (nSPS) is 13.4. The zero-order chi connectivity index (χ0) is 12.2. The first kappa shape index (κ1) is 15.0. The highest BCUT2D eigenvalue weighted by Gasteiger charge is 2.04. The van der Waals surface area contributed by atoms with Gasteiger partial charge in [0.05, 0.1) is 0 Å². The molecule has 1 N–H and O–H groups in total. The van der Waals surface area contributed by atoms with Gasteiger partial charge in [-0.15, -0.1) is 0 Å². The Bertz CT molecular complexity index is 226. The number of rotatable bonds is 9. The molecule has 1 nitrogen and oxygen atoms in total. The van der Waals surface area contributed by atoms with E-state index < -0.39 is 0 Å². The zero-order valence-corrected chi connectivity index (χ0v) is 11.1. The molecule has 0 fully saturated rings. The van der Waals surface area contributed by atoms with Gasteiger partial charge in [-0.2, -0.15) is 0 Å². The van der Waals surface area contributed by atoms with E-state index in [1.54, 1.807) is 0 Å². The lowest BCUT2D eigenvalue weighted by Crippen LogP contribution is -2.20. The maximum atomic E-state index is 3.98. The van der Waals surface area contributed by atoms with Crippen molar-refractivity contribution in [2.45, 2.75) is 46.5 Å².